The lowest BCUT2D eigenvalue weighted by Gasteiger charge is -2.06. The molecular weight excluding hydrogens is 401 g/mol. The Hall–Kier alpha value is -3.17. The molecule has 0 aliphatic carbocycles. The second-order valence-corrected chi connectivity index (χ2v) is 6.28. The van der Waals surface area contributed by atoms with Gasteiger partial charge in [-0.1, -0.05) is 29.3 Å². The second kappa shape index (κ2) is 9.16. The van der Waals surface area contributed by atoms with Crippen molar-refractivity contribution in [1.29, 1.82) is 0 Å². The van der Waals surface area contributed by atoms with Crippen LogP contribution in [0.15, 0.2) is 52.7 Å². The zero-order valence-corrected chi connectivity index (χ0v) is 16.4. The fraction of sp³-hybridized carbons (Fsp3) is 0.118. The highest BCUT2D eigenvalue weighted by Crippen LogP contribution is 2.09. The quantitative estimate of drug-likeness (QED) is 0.466. The first kappa shape index (κ1) is 19.6. The molecule has 0 aliphatic rings. The molecule has 0 unspecified atom stereocenters. The van der Waals surface area contributed by atoms with Crippen LogP contribution in [-0.2, 0) is 0 Å². The Morgan fingerprint density at radius 2 is 1.18 bits per heavy atom. The van der Waals surface area contributed by atoms with E-state index in [1.54, 1.807) is 24.3 Å². The van der Waals surface area contributed by atoms with Gasteiger partial charge in [0.05, 0.1) is 22.8 Å². The third kappa shape index (κ3) is 5.41. The predicted molar refractivity (Wildman–Crippen MR) is 110 cm³/mol. The van der Waals surface area contributed by atoms with Gasteiger partial charge in [0.15, 0.2) is 21.9 Å². The Balaban J connectivity index is 1.71. The Bertz CT molecular complexity index is 923. The number of rotatable bonds is 6. The summed E-state index contributed by atoms with van der Waals surface area (Å²) in [5, 5.41) is 24.4. The first-order valence-electron chi connectivity index (χ1n) is 8.08. The fourth-order valence-corrected chi connectivity index (χ4v) is 2.19. The number of halogens is 2. The second-order valence-electron chi connectivity index (χ2n) is 5.51. The van der Waals surface area contributed by atoms with Crippen LogP contribution in [0.4, 0.5) is 11.6 Å². The SMILES string of the molecule is C/C(=N\Nc1ccc(Cl)nn1)c1cccc(/C(C)=N/Nc2ccc(Cl)nn2)n1. The van der Waals surface area contributed by atoms with E-state index in [1.165, 1.54) is 0 Å². The molecule has 2 N–H and O–H groups in total. The van der Waals surface area contributed by atoms with Gasteiger partial charge in [0.1, 0.15) is 0 Å². The summed E-state index contributed by atoms with van der Waals surface area (Å²) in [7, 11) is 0. The third-order valence-corrected chi connectivity index (χ3v) is 3.83. The van der Waals surface area contributed by atoms with Gasteiger partial charge in [-0.15, -0.1) is 20.4 Å². The molecule has 0 saturated carbocycles. The molecule has 0 amide bonds. The summed E-state index contributed by atoms with van der Waals surface area (Å²) < 4.78 is 0. The summed E-state index contributed by atoms with van der Waals surface area (Å²) in [4.78, 5) is 4.57. The molecule has 0 saturated heterocycles. The number of hydrogen-bond donors (Lipinski definition) is 2. The van der Waals surface area contributed by atoms with E-state index in [0.717, 1.165) is 0 Å². The number of hydrogen-bond acceptors (Lipinski definition) is 9. The monoisotopic (exact) mass is 415 g/mol. The minimum Gasteiger partial charge on any atom is -0.260 e. The Morgan fingerprint density at radius 1 is 0.714 bits per heavy atom. The Labute approximate surface area is 170 Å². The Kier molecular flexibility index (Phi) is 6.41. The van der Waals surface area contributed by atoms with Crippen molar-refractivity contribution in [2.24, 2.45) is 10.2 Å². The van der Waals surface area contributed by atoms with Gasteiger partial charge in [0.2, 0.25) is 0 Å². The molecule has 142 valence electrons. The standard InChI is InChI=1S/C17H15Cl2N9/c1-10(21-25-16-8-6-14(18)23-27-16)12-4-3-5-13(20-12)11(2)22-26-17-9-7-15(19)24-28-17/h3-9H,1-2H3,(H,25,27)(H,26,28)/b21-10+,22-11+. The van der Waals surface area contributed by atoms with Crippen LogP contribution in [0.1, 0.15) is 25.2 Å². The van der Waals surface area contributed by atoms with Crippen LogP contribution in [0.2, 0.25) is 10.3 Å². The molecule has 3 rings (SSSR count). The molecule has 0 fully saturated rings. The van der Waals surface area contributed by atoms with Crippen LogP contribution in [0.3, 0.4) is 0 Å². The highest BCUT2D eigenvalue weighted by Gasteiger charge is 2.05. The average molecular weight is 416 g/mol. The average Bonchev–Trinajstić information content (AvgIpc) is 2.72. The van der Waals surface area contributed by atoms with Crippen molar-refractivity contribution in [3.8, 4) is 0 Å². The topological polar surface area (TPSA) is 113 Å². The van der Waals surface area contributed by atoms with Crippen LogP contribution in [0.5, 0.6) is 0 Å². The van der Waals surface area contributed by atoms with Crippen molar-refractivity contribution in [1.82, 2.24) is 25.4 Å². The van der Waals surface area contributed by atoms with Gasteiger partial charge >= 0.3 is 0 Å². The lowest BCUT2D eigenvalue weighted by molar-refractivity contribution is 1.02. The van der Waals surface area contributed by atoms with E-state index >= 15 is 0 Å². The van der Waals surface area contributed by atoms with Crippen LogP contribution < -0.4 is 10.9 Å². The van der Waals surface area contributed by atoms with E-state index in [0.29, 0.717) is 44.8 Å². The molecule has 0 aromatic carbocycles. The van der Waals surface area contributed by atoms with Gasteiger partial charge in [-0.2, -0.15) is 10.2 Å². The van der Waals surface area contributed by atoms with E-state index < -0.39 is 0 Å². The molecule has 11 heteroatoms. The number of nitrogens with one attached hydrogen (secondary N) is 2. The highest BCUT2D eigenvalue weighted by atomic mass is 35.5. The zero-order valence-electron chi connectivity index (χ0n) is 14.9. The number of aromatic nitrogens is 5. The third-order valence-electron chi connectivity index (χ3n) is 3.43. The van der Waals surface area contributed by atoms with Crippen LogP contribution >= 0.6 is 23.2 Å². The number of hydrazone groups is 2. The van der Waals surface area contributed by atoms with Gasteiger partial charge in [0, 0.05) is 0 Å². The predicted octanol–water partition coefficient (Wildman–Crippen LogP) is 3.64. The summed E-state index contributed by atoms with van der Waals surface area (Å²) in [6, 6.07) is 12.2. The number of nitrogens with zero attached hydrogens (tertiary/aromatic N) is 7. The molecule has 0 aliphatic heterocycles. The number of pyridine rings is 1. The fourth-order valence-electron chi connectivity index (χ4n) is 1.99. The lowest BCUT2D eigenvalue weighted by Crippen LogP contribution is -2.08. The van der Waals surface area contributed by atoms with Crippen molar-refractivity contribution in [3.63, 3.8) is 0 Å². The maximum atomic E-state index is 5.71. The minimum atomic E-state index is 0.313. The first-order valence-corrected chi connectivity index (χ1v) is 8.84. The molecule has 0 spiro atoms. The van der Waals surface area contributed by atoms with Gasteiger partial charge < -0.3 is 0 Å². The molecule has 0 atom stereocenters. The molecule has 0 bridgehead atoms. The molecule has 9 nitrogen and oxygen atoms in total. The summed E-state index contributed by atoms with van der Waals surface area (Å²) in [6.07, 6.45) is 0. The summed E-state index contributed by atoms with van der Waals surface area (Å²) in [6.45, 7) is 3.66. The van der Waals surface area contributed by atoms with E-state index in [2.05, 4.69) is 46.4 Å². The van der Waals surface area contributed by atoms with Gasteiger partial charge in [-0.25, -0.2) is 4.98 Å². The summed E-state index contributed by atoms with van der Waals surface area (Å²) in [5.41, 5.74) is 8.35. The molecule has 3 heterocycles. The summed E-state index contributed by atoms with van der Waals surface area (Å²) >= 11 is 11.4. The highest BCUT2D eigenvalue weighted by molar-refractivity contribution is 6.29. The minimum absolute atomic E-state index is 0.313. The van der Waals surface area contributed by atoms with Crippen molar-refractivity contribution < 1.29 is 0 Å². The van der Waals surface area contributed by atoms with E-state index in [1.807, 2.05) is 32.0 Å². The van der Waals surface area contributed by atoms with Crippen molar-refractivity contribution >= 4 is 46.3 Å². The largest absolute Gasteiger partial charge is 0.260 e. The van der Waals surface area contributed by atoms with E-state index in [-0.39, 0.29) is 0 Å². The van der Waals surface area contributed by atoms with Crippen LogP contribution in [0, 0.1) is 0 Å². The zero-order chi connectivity index (χ0) is 19.9. The maximum Gasteiger partial charge on any atom is 0.168 e. The van der Waals surface area contributed by atoms with E-state index in [9.17, 15) is 0 Å². The van der Waals surface area contributed by atoms with Crippen molar-refractivity contribution in [3.05, 3.63) is 64.2 Å². The Morgan fingerprint density at radius 3 is 1.57 bits per heavy atom. The lowest BCUT2D eigenvalue weighted by atomic mass is 10.2. The van der Waals surface area contributed by atoms with Crippen LogP contribution in [-0.4, -0.2) is 36.8 Å². The normalized spacial score (nSPS) is 12.0. The van der Waals surface area contributed by atoms with Gasteiger partial charge in [0.25, 0.3) is 0 Å². The van der Waals surface area contributed by atoms with Gasteiger partial charge in [-0.3, -0.25) is 10.9 Å². The van der Waals surface area contributed by atoms with Crippen molar-refractivity contribution in [2.75, 3.05) is 10.9 Å². The molecule has 3 aromatic heterocycles. The smallest absolute Gasteiger partial charge is 0.168 e. The van der Waals surface area contributed by atoms with E-state index in [4.69, 9.17) is 23.2 Å². The molecule has 3 aromatic rings. The van der Waals surface area contributed by atoms with Crippen LogP contribution in [0.25, 0.3) is 0 Å². The molecular formula is C17H15Cl2N9. The molecule has 28 heavy (non-hydrogen) atoms. The number of anilines is 2. The first-order chi connectivity index (χ1) is 13.5. The van der Waals surface area contributed by atoms with Crippen molar-refractivity contribution in [2.45, 2.75) is 13.8 Å². The maximum absolute atomic E-state index is 5.71. The molecule has 0 radical (unpaired) electrons. The summed E-state index contributed by atoms with van der Waals surface area (Å²) in [5.74, 6) is 0.955. The van der Waals surface area contributed by atoms with Gasteiger partial charge in [-0.05, 0) is 50.2 Å².